The van der Waals surface area contributed by atoms with Crippen molar-refractivity contribution in [2.75, 3.05) is 43.5 Å². The lowest BCUT2D eigenvalue weighted by molar-refractivity contribution is -0.118. The Morgan fingerprint density at radius 3 is 2.35 bits per heavy atom. The van der Waals surface area contributed by atoms with Gasteiger partial charge in [-0.3, -0.25) is 14.5 Å². The van der Waals surface area contributed by atoms with Crippen molar-refractivity contribution < 1.29 is 14.3 Å². The summed E-state index contributed by atoms with van der Waals surface area (Å²) in [7, 11) is 1.91. The first-order valence-electron chi connectivity index (χ1n) is 10.5. The van der Waals surface area contributed by atoms with Gasteiger partial charge in [0.15, 0.2) is 0 Å². The minimum Gasteiger partial charge on any atom is -0.379 e. The number of nitrogens with zero attached hydrogens (tertiary/aromatic N) is 2. The molecule has 1 aliphatic heterocycles. The third kappa shape index (κ3) is 4.62. The van der Waals surface area contributed by atoms with Crippen LogP contribution >= 0.6 is 0 Å². The molecule has 162 valence electrons. The number of anilines is 2. The molecular formula is C24H28N4O3. The van der Waals surface area contributed by atoms with Crippen LogP contribution in [-0.2, 0) is 16.6 Å². The van der Waals surface area contributed by atoms with Crippen LogP contribution in [0.2, 0.25) is 0 Å². The summed E-state index contributed by atoms with van der Waals surface area (Å²) in [6.45, 7) is 7.25. The number of aryl methyl sites for hydroxylation is 3. The van der Waals surface area contributed by atoms with Crippen molar-refractivity contribution in [2.45, 2.75) is 13.8 Å². The third-order valence-electron chi connectivity index (χ3n) is 5.72. The number of amides is 2. The molecule has 31 heavy (non-hydrogen) atoms. The summed E-state index contributed by atoms with van der Waals surface area (Å²) in [5.74, 6) is -0.265. The second-order valence-electron chi connectivity index (χ2n) is 8.02. The topological polar surface area (TPSA) is 75.6 Å². The van der Waals surface area contributed by atoms with Gasteiger partial charge in [-0.1, -0.05) is 18.2 Å². The molecule has 0 atom stereocenters. The SMILES string of the molecule is Cc1ccc(C)c2c1cc(C(=O)Nc1cccc(NC(=O)CN3CCOCC3)c1)n2C. The van der Waals surface area contributed by atoms with Gasteiger partial charge in [-0.25, -0.2) is 0 Å². The molecule has 0 bridgehead atoms. The van der Waals surface area contributed by atoms with E-state index in [0.29, 0.717) is 36.8 Å². The molecule has 0 radical (unpaired) electrons. The third-order valence-corrected chi connectivity index (χ3v) is 5.72. The van der Waals surface area contributed by atoms with E-state index in [1.165, 1.54) is 0 Å². The fourth-order valence-electron chi connectivity index (χ4n) is 4.05. The fraction of sp³-hybridized carbons (Fsp3) is 0.333. The van der Waals surface area contributed by atoms with Crippen LogP contribution in [0.5, 0.6) is 0 Å². The summed E-state index contributed by atoms with van der Waals surface area (Å²) >= 11 is 0. The molecule has 0 spiro atoms. The average molecular weight is 421 g/mol. The molecule has 7 nitrogen and oxygen atoms in total. The quantitative estimate of drug-likeness (QED) is 0.664. The molecule has 1 aliphatic rings. The van der Waals surface area contributed by atoms with Gasteiger partial charge in [0.1, 0.15) is 5.69 Å². The van der Waals surface area contributed by atoms with Gasteiger partial charge in [-0.15, -0.1) is 0 Å². The van der Waals surface area contributed by atoms with E-state index in [0.717, 1.165) is 35.1 Å². The number of rotatable bonds is 5. The lowest BCUT2D eigenvalue weighted by Crippen LogP contribution is -2.41. The summed E-state index contributed by atoms with van der Waals surface area (Å²) in [5, 5.41) is 6.95. The minimum atomic E-state index is -0.186. The maximum absolute atomic E-state index is 13.0. The Kier molecular flexibility index (Phi) is 6.06. The highest BCUT2D eigenvalue weighted by Crippen LogP contribution is 2.26. The minimum absolute atomic E-state index is 0.0787. The first kappa shape index (κ1) is 21.1. The molecule has 2 N–H and O–H groups in total. The number of morpholine rings is 1. The van der Waals surface area contributed by atoms with E-state index in [9.17, 15) is 9.59 Å². The van der Waals surface area contributed by atoms with Crippen LogP contribution in [0.25, 0.3) is 10.9 Å². The van der Waals surface area contributed by atoms with Crippen molar-refractivity contribution in [1.29, 1.82) is 0 Å². The van der Waals surface area contributed by atoms with Gasteiger partial charge in [0.2, 0.25) is 5.91 Å². The summed E-state index contributed by atoms with van der Waals surface area (Å²) in [5.41, 5.74) is 5.21. The van der Waals surface area contributed by atoms with Crippen LogP contribution in [0.15, 0.2) is 42.5 Å². The second-order valence-corrected chi connectivity index (χ2v) is 8.02. The van der Waals surface area contributed by atoms with Crippen LogP contribution in [0.4, 0.5) is 11.4 Å². The number of nitrogens with one attached hydrogen (secondary N) is 2. The predicted octanol–water partition coefficient (Wildman–Crippen LogP) is 3.32. The van der Waals surface area contributed by atoms with Gasteiger partial charge in [0.25, 0.3) is 5.91 Å². The van der Waals surface area contributed by atoms with Crippen molar-refractivity contribution in [1.82, 2.24) is 9.47 Å². The number of aromatic nitrogens is 1. The van der Waals surface area contributed by atoms with E-state index in [4.69, 9.17) is 4.74 Å². The number of hydrogen-bond acceptors (Lipinski definition) is 4. The number of hydrogen-bond donors (Lipinski definition) is 2. The summed E-state index contributed by atoms with van der Waals surface area (Å²) in [6.07, 6.45) is 0. The fourth-order valence-corrected chi connectivity index (χ4v) is 4.05. The summed E-state index contributed by atoms with van der Waals surface area (Å²) < 4.78 is 7.25. The smallest absolute Gasteiger partial charge is 0.272 e. The van der Waals surface area contributed by atoms with Crippen molar-refractivity contribution in [3.05, 3.63) is 59.3 Å². The monoisotopic (exact) mass is 420 g/mol. The largest absolute Gasteiger partial charge is 0.379 e. The van der Waals surface area contributed by atoms with Gasteiger partial charge >= 0.3 is 0 Å². The van der Waals surface area contributed by atoms with E-state index in [-0.39, 0.29) is 11.8 Å². The van der Waals surface area contributed by atoms with Crippen LogP contribution < -0.4 is 10.6 Å². The normalized spacial score (nSPS) is 14.5. The van der Waals surface area contributed by atoms with E-state index in [1.54, 1.807) is 6.07 Å². The van der Waals surface area contributed by atoms with Gasteiger partial charge in [0.05, 0.1) is 25.3 Å². The molecule has 4 rings (SSSR count). The Hall–Kier alpha value is -3.16. The maximum atomic E-state index is 13.0. The van der Waals surface area contributed by atoms with E-state index >= 15 is 0 Å². The molecule has 2 amide bonds. The zero-order valence-corrected chi connectivity index (χ0v) is 18.2. The number of carbonyl (C=O) groups is 2. The second kappa shape index (κ2) is 8.91. The molecular weight excluding hydrogens is 392 g/mol. The molecule has 2 aromatic carbocycles. The van der Waals surface area contributed by atoms with Gasteiger partial charge < -0.3 is 19.9 Å². The van der Waals surface area contributed by atoms with Crippen molar-refractivity contribution in [3.63, 3.8) is 0 Å². The predicted molar refractivity (Wildman–Crippen MR) is 123 cm³/mol. The van der Waals surface area contributed by atoms with Gasteiger partial charge in [-0.05, 0) is 49.2 Å². The first-order valence-corrected chi connectivity index (χ1v) is 10.5. The molecule has 2 heterocycles. The Balaban J connectivity index is 1.46. The average Bonchev–Trinajstić information content (AvgIpc) is 3.10. The molecule has 0 unspecified atom stereocenters. The summed E-state index contributed by atoms with van der Waals surface area (Å²) in [4.78, 5) is 27.4. The van der Waals surface area contributed by atoms with Crippen molar-refractivity contribution in [2.24, 2.45) is 7.05 Å². The molecule has 7 heteroatoms. The van der Waals surface area contributed by atoms with Crippen molar-refractivity contribution in [3.8, 4) is 0 Å². The molecule has 1 saturated heterocycles. The van der Waals surface area contributed by atoms with Crippen LogP contribution in [0.3, 0.4) is 0 Å². The lowest BCUT2D eigenvalue weighted by atomic mass is 10.1. The highest BCUT2D eigenvalue weighted by molar-refractivity contribution is 6.07. The number of ether oxygens (including phenoxy) is 1. The molecule has 1 aromatic heterocycles. The molecule has 1 fully saturated rings. The van der Waals surface area contributed by atoms with Gasteiger partial charge in [-0.2, -0.15) is 0 Å². The maximum Gasteiger partial charge on any atom is 0.272 e. The zero-order valence-electron chi connectivity index (χ0n) is 18.2. The first-order chi connectivity index (χ1) is 14.9. The van der Waals surface area contributed by atoms with E-state index in [2.05, 4.69) is 27.7 Å². The summed E-state index contributed by atoms with van der Waals surface area (Å²) in [6, 6.07) is 13.3. The van der Waals surface area contributed by atoms with Crippen molar-refractivity contribution >= 4 is 34.1 Å². The van der Waals surface area contributed by atoms with E-state index in [1.807, 2.05) is 49.7 Å². The number of fused-ring (bicyclic) bond motifs is 1. The highest BCUT2D eigenvalue weighted by Gasteiger charge is 2.17. The van der Waals surface area contributed by atoms with E-state index < -0.39 is 0 Å². The Labute approximate surface area is 182 Å². The number of carbonyl (C=O) groups excluding carboxylic acids is 2. The Bertz CT molecular complexity index is 1130. The molecule has 0 aliphatic carbocycles. The lowest BCUT2D eigenvalue weighted by Gasteiger charge is -2.25. The zero-order chi connectivity index (χ0) is 22.0. The Morgan fingerprint density at radius 2 is 1.65 bits per heavy atom. The highest BCUT2D eigenvalue weighted by atomic mass is 16.5. The van der Waals surface area contributed by atoms with Crippen LogP contribution in [0.1, 0.15) is 21.6 Å². The van der Waals surface area contributed by atoms with Gasteiger partial charge in [0, 0.05) is 36.9 Å². The number of benzene rings is 2. The Morgan fingerprint density at radius 1 is 0.968 bits per heavy atom. The molecule has 3 aromatic rings. The standard InChI is InChI=1S/C24H28N4O3/c1-16-7-8-17(2)23-20(16)14-21(27(23)3)24(30)26-19-6-4-5-18(13-19)25-22(29)15-28-9-11-31-12-10-28/h4-8,13-14H,9-12,15H2,1-3H3,(H,25,29)(H,26,30). The van der Waals surface area contributed by atoms with Crippen LogP contribution in [0, 0.1) is 13.8 Å². The van der Waals surface area contributed by atoms with Crippen LogP contribution in [-0.4, -0.2) is 54.1 Å². The molecule has 0 saturated carbocycles.